The Kier molecular flexibility index (Phi) is 6.12. The summed E-state index contributed by atoms with van der Waals surface area (Å²) in [6.45, 7) is 2.00. The van der Waals surface area contributed by atoms with Crippen molar-refractivity contribution in [3.8, 4) is 5.75 Å². The lowest BCUT2D eigenvalue weighted by Gasteiger charge is -2.33. The second kappa shape index (κ2) is 8.72. The van der Waals surface area contributed by atoms with E-state index in [1.807, 2.05) is 36.4 Å². The number of carbonyl (C=O) groups is 1. The zero-order valence-corrected chi connectivity index (χ0v) is 15.4. The number of carbonyl (C=O) groups excluding carboxylic acids is 1. The summed E-state index contributed by atoms with van der Waals surface area (Å²) in [4.78, 5) is 14.6. The first-order chi connectivity index (χ1) is 12.7. The predicted molar refractivity (Wildman–Crippen MR) is 104 cm³/mol. The Labute approximate surface area is 154 Å². The van der Waals surface area contributed by atoms with E-state index >= 15 is 0 Å². The van der Waals surface area contributed by atoms with E-state index in [0.29, 0.717) is 12.5 Å². The molecule has 1 N–H and O–H groups in total. The molecule has 2 aromatic rings. The van der Waals surface area contributed by atoms with Crippen molar-refractivity contribution >= 4 is 17.3 Å². The summed E-state index contributed by atoms with van der Waals surface area (Å²) < 4.78 is 10.6. The first kappa shape index (κ1) is 18.3. The van der Waals surface area contributed by atoms with E-state index < -0.39 is 0 Å². The summed E-state index contributed by atoms with van der Waals surface area (Å²) >= 11 is 0. The molecule has 1 fully saturated rings. The van der Waals surface area contributed by atoms with Crippen LogP contribution in [0.1, 0.15) is 18.4 Å². The molecule has 1 amide bonds. The van der Waals surface area contributed by atoms with Gasteiger partial charge in [0, 0.05) is 31.6 Å². The minimum absolute atomic E-state index is 0.0242. The Morgan fingerprint density at radius 2 is 1.69 bits per heavy atom. The Hall–Kier alpha value is -2.53. The van der Waals surface area contributed by atoms with Gasteiger partial charge in [0.1, 0.15) is 5.75 Å². The quantitative estimate of drug-likeness (QED) is 0.863. The largest absolute Gasteiger partial charge is 0.497 e. The number of ether oxygens (including phenoxy) is 2. The average Bonchev–Trinajstić information content (AvgIpc) is 2.69. The Bertz CT molecular complexity index is 705. The lowest BCUT2D eigenvalue weighted by Crippen LogP contribution is -2.36. The normalized spacial score (nSPS) is 14.9. The molecule has 138 valence electrons. The zero-order chi connectivity index (χ0) is 18.4. The molecule has 0 saturated carbocycles. The molecule has 1 aliphatic rings. The third-order valence-corrected chi connectivity index (χ3v) is 4.82. The number of amides is 1. The minimum Gasteiger partial charge on any atom is -0.497 e. The van der Waals surface area contributed by atoms with Crippen molar-refractivity contribution in [2.75, 3.05) is 37.5 Å². The summed E-state index contributed by atoms with van der Waals surface area (Å²) in [5, 5.41) is 2.96. The number of piperidine rings is 1. The monoisotopic (exact) mass is 354 g/mol. The van der Waals surface area contributed by atoms with Crippen LogP contribution in [0.25, 0.3) is 0 Å². The van der Waals surface area contributed by atoms with Gasteiger partial charge in [0.25, 0.3) is 0 Å². The van der Waals surface area contributed by atoms with Gasteiger partial charge in [-0.3, -0.25) is 4.79 Å². The van der Waals surface area contributed by atoms with E-state index in [1.165, 1.54) is 5.69 Å². The molecule has 0 spiro atoms. The number of benzene rings is 2. The van der Waals surface area contributed by atoms with Crippen LogP contribution in [0.3, 0.4) is 0 Å². The van der Waals surface area contributed by atoms with Crippen molar-refractivity contribution in [3.63, 3.8) is 0 Å². The molecule has 0 aliphatic carbocycles. The Morgan fingerprint density at radius 3 is 2.27 bits per heavy atom. The maximum absolute atomic E-state index is 12.2. The second-order valence-corrected chi connectivity index (χ2v) is 6.54. The highest BCUT2D eigenvalue weighted by molar-refractivity contribution is 5.92. The van der Waals surface area contributed by atoms with Crippen molar-refractivity contribution in [3.05, 3.63) is 54.1 Å². The summed E-state index contributed by atoms with van der Waals surface area (Å²) in [7, 11) is 3.41. The zero-order valence-electron chi connectivity index (χ0n) is 15.4. The van der Waals surface area contributed by atoms with Gasteiger partial charge in [-0.1, -0.05) is 12.1 Å². The first-order valence-corrected chi connectivity index (χ1v) is 8.98. The maximum atomic E-state index is 12.2. The average molecular weight is 354 g/mol. The fourth-order valence-electron chi connectivity index (χ4n) is 3.24. The summed E-state index contributed by atoms with van der Waals surface area (Å²) in [5.41, 5.74) is 2.97. The SMILES string of the molecule is COc1ccc(CC(=O)Nc2ccc(N3CCC(OC)CC3)cc2)cc1. The molecule has 26 heavy (non-hydrogen) atoms. The highest BCUT2D eigenvalue weighted by Crippen LogP contribution is 2.23. The molecular weight excluding hydrogens is 328 g/mol. The molecule has 1 heterocycles. The molecular formula is C21H26N2O3. The van der Waals surface area contributed by atoms with Gasteiger partial charge in [-0.15, -0.1) is 0 Å². The minimum atomic E-state index is -0.0242. The van der Waals surface area contributed by atoms with Crippen molar-refractivity contribution in [1.29, 1.82) is 0 Å². The molecule has 0 atom stereocenters. The van der Waals surface area contributed by atoms with Crippen LogP contribution in [0, 0.1) is 0 Å². The number of anilines is 2. The van der Waals surface area contributed by atoms with Gasteiger partial charge < -0.3 is 19.7 Å². The second-order valence-electron chi connectivity index (χ2n) is 6.54. The number of rotatable bonds is 6. The predicted octanol–water partition coefficient (Wildman–Crippen LogP) is 3.49. The van der Waals surface area contributed by atoms with Crippen LogP contribution >= 0.6 is 0 Å². The topological polar surface area (TPSA) is 50.8 Å². The lowest BCUT2D eigenvalue weighted by molar-refractivity contribution is -0.115. The number of nitrogens with one attached hydrogen (secondary N) is 1. The lowest BCUT2D eigenvalue weighted by atomic mass is 10.1. The van der Waals surface area contributed by atoms with E-state index in [4.69, 9.17) is 9.47 Å². The molecule has 0 radical (unpaired) electrons. The molecule has 1 aliphatic heterocycles. The third-order valence-electron chi connectivity index (χ3n) is 4.82. The molecule has 3 rings (SSSR count). The van der Waals surface area contributed by atoms with Crippen LogP contribution < -0.4 is 15.0 Å². The van der Waals surface area contributed by atoms with E-state index in [2.05, 4.69) is 22.3 Å². The molecule has 5 nitrogen and oxygen atoms in total. The van der Waals surface area contributed by atoms with E-state index in [9.17, 15) is 4.79 Å². The number of hydrogen-bond acceptors (Lipinski definition) is 4. The van der Waals surface area contributed by atoms with Crippen LogP contribution in [0.15, 0.2) is 48.5 Å². The Balaban J connectivity index is 1.52. The summed E-state index contributed by atoms with van der Waals surface area (Å²) in [5.74, 6) is 0.767. The van der Waals surface area contributed by atoms with Gasteiger partial charge in [-0.25, -0.2) is 0 Å². The fraction of sp³-hybridized carbons (Fsp3) is 0.381. The van der Waals surface area contributed by atoms with Crippen LogP contribution in [-0.4, -0.2) is 39.3 Å². The van der Waals surface area contributed by atoms with Gasteiger partial charge in [0.05, 0.1) is 19.6 Å². The van der Waals surface area contributed by atoms with Crippen LogP contribution in [0.4, 0.5) is 11.4 Å². The van der Waals surface area contributed by atoms with Gasteiger partial charge >= 0.3 is 0 Å². The number of nitrogens with zero attached hydrogens (tertiary/aromatic N) is 1. The highest BCUT2D eigenvalue weighted by Gasteiger charge is 2.18. The number of hydrogen-bond donors (Lipinski definition) is 1. The highest BCUT2D eigenvalue weighted by atomic mass is 16.5. The van der Waals surface area contributed by atoms with Crippen molar-refractivity contribution in [2.45, 2.75) is 25.4 Å². The molecule has 0 bridgehead atoms. The van der Waals surface area contributed by atoms with Gasteiger partial charge in [-0.2, -0.15) is 0 Å². The van der Waals surface area contributed by atoms with Crippen molar-refractivity contribution in [2.24, 2.45) is 0 Å². The summed E-state index contributed by atoms with van der Waals surface area (Å²) in [6, 6.07) is 15.6. The van der Waals surface area contributed by atoms with E-state index in [1.54, 1.807) is 14.2 Å². The standard InChI is InChI=1S/C21H26N2O3/c1-25-19-9-3-16(4-10-19)15-21(24)22-17-5-7-18(8-6-17)23-13-11-20(26-2)12-14-23/h3-10,20H,11-15H2,1-2H3,(H,22,24). The summed E-state index contributed by atoms with van der Waals surface area (Å²) in [6.07, 6.45) is 2.83. The molecule has 0 unspecified atom stereocenters. The third kappa shape index (κ3) is 4.76. The van der Waals surface area contributed by atoms with Gasteiger partial charge in [0.2, 0.25) is 5.91 Å². The maximum Gasteiger partial charge on any atom is 0.228 e. The first-order valence-electron chi connectivity index (χ1n) is 8.98. The van der Waals surface area contributed by atoms with Crippen LogP contribution in [0.5, 0.6) is 5.75 Å². The van der Waals surface area contributed by atoms with E-state index in [0.717, 1.165) is 42.9 Å². The Morgan fingerprint density at radius 1 is 1.04 bits per heavy atom. The van der Waals surface area contributed by atoms with Gasteiger partial charge in [0.15, 0.2) is 0 Å². The van der Waals surface area contributed by atoms with Gasteiger partial charge in [-0.05, 0) is 54.8 Å². The van der Waals surface area contributed by atoms with Crippen LogP contribution in [0.2, 0.25) is 0 Å². The molecule has 5 heteroatoms. The van der Waals surface area contributed by atoms with E-state index in [-0.39, 0.29) is 5.91 Å². The number of methoxy groups -OCH3 is 2. The molecule has 2 aromatic carbocycles. The van der Waals surface area contributed by atoms with Crippen molar-refractivity contribution < 1.29 is 14.3 Å². The molecule has 1 saturated heterocycles. The fourth-order valence-corrected chi connectivity index (χ4v) is 3.24. The molecule has 0 aromatic heterocycles. The van der Waals surface area contributed by atoms with Crippen LogP contribution in [-0.2, 0) is 16.0 Å². The van der Waals surface area contributed by atoms with Crippen molar-refractivity contribution in [1.82, 2.24) is 0 Å². The smallest absolute Gasteiger partial charge is 0.228 e.